The molecule has 1 aromatic carbocycles. The van der Waals surface area contributed by atoms with E-state index in [2.05, 4.69) is 9.97 Å². The molecule has 0 unspecified atom stereocenters. The van der Waals surface area contributed by atoms with Gasteiger partial charge in [-0.25, -0.2) is 9.97 Å². The highest BCUT2D eigenvalue weighted by Crippen LogP contribution is 2.30. The molecule has 88 valence electrons. The number of nitrogens with zero attached hydrogens (tertiary/aromatic N) is 2. The van der Waals surface area contributed by atoms with Crippen LogP contribution in [0.25, 0.3) is 11.4 Å². The molecule has 0 atom stereocenters. The molecular weight excluding hydrogens is 259 g/mol. The molecule has 3 nitrogen and oxygen atoms in total. The zero-order valence-electron chi connectivity index (χ0n) is 9.37. The Morgan fingerprint density at radius 2 is 1.88 bits per heavy atom. The number of hydrogen-bond acceptors (Lipinski definition) is 3. The summed E-state index contributed by atoms with van der Waals surface area (Å²) in [6.07, 6.45) is 0. The van der Waals surface area contributed by atoms with Gasteiger partial charge in [0, 0.05) is 10.7 Å². The number of hydrogen-bond donors (Lipinski definition) is 0. The Morgan fingerprint density at radius 1 is 1.12 bits per heavy atom. The highest BCUT2D eigenvalue weighted by molar-refractivity contribution is 6.31. The van der Waals surface area contributed by atoms with Crippen molar-refractivity contribution in [2.75, 3.05) is 7.11 Å². The van der Waals surface area contributed by atoms with E-state index in [0.717, 1.165) is 11.3 Å². The van der Waals surface area contributed by atoms with E-state index in [1.807, 2.05) is 13.0 Å². The number of aryl methyl sites for hydroxylation is 1. The summed E-state index contributed by atoms with van der Waals surface area (Å²) in [5.74, 6) is 1.16. The second-order valence-electron chi connectivity index (χ2n) is 3.50. The molecule has 1 heterocycles. The normalized spacial score (nSPS) is 10.4. The van der Waals surface area contributed by atoms with E-state index in [9.17, 15) is 0 Å². The van der Waals surface area contributed by atoms with Gasteiger partial charge in [0.25, 0.3) is 0 Å². The predicted octanol–water partition coefficient (Wildman–Crippen LogP) is 3.77. The SMILES string of the molecule is COc1cc(Cl)ccc1-c1nc(C)cc(Cl)n1. The lowest BCUT2D eigenvalue weighted by molar-refractivity contribution is 0.416. The topological polar surface area (TPSA) is 35.0 Å². The van der Waals surface area contributed by atoms with Gasteiger partial charge in [0.2, 0.25) is 0 Å². The lowest BCUT2D eigenvalue weighted by Crippen LogP contribution is -1.95. The van der Waals surface area contributed by atoms with Crippen molar-refractivity contribution in [3.63, 3.8) is 0 Å². The zero-order chi connectivity index (χ0) is 12.4. The summed E-state index contributed by atoms with van der Waals surface area (Å²) in [6, 6.07) is 7.00. The Labute approximate surface area is 109 Å². The molecule has 1 aromatic heterocycles. The van der Waals surface area contributed by atoms with Crippen molar-refractivity contribution in [3.05, 3.63) is 40.1 Å². The molecule has 0 saturated carbocycles. The van der Waals surface area contributed by atoms with Crippen LogP contribution in [0.5, 0.6) is 5.75 Å². The Hall–Kier alpha value is -1.32. The molecule has 0 saturated heterocycles. The average Bonchev–Trinajstić information content (AvgIpc) is 2.27. The minimum Gasteiger partial charge on any atom is -0.496 e. The average molecular weight is 269 g/mol. The first-order valence-corrected chi connectivity index (χ1v) is 5.71. The first-order chi connectivity index (χ1) is 8.10. The number of rotatable bonds is 2. The minimum absolute atomic E-state index is 0.407. The van der Waals surface area contributed by atoms with Crippen LogP contribution < -0.4 is 4.74 Å². The van der Waals surface area contributed by atoms with Crippen LogP contribution in [-0.4, -0.2) is 17.1 Å². The summed E-state index contributed by atoms with van der Waals surface area (Å²) >= 11 is 11.8. The fraction of sp³-hybridized carbons (Fsp3) is 0.167. The van der Waals surface area contributed by atoms with Crippen molar-refractivity contribution in [2.45, 2.75) is 6.92 Å². The fourth-order valence-electron chi connectivity index (χ4n) is 1.50. The van der Waals surface area contributed by atoms with Crippen molar-refractivity contribution in [1.29, 1.82) is 0 Å². The monoisotopic (exact) mass is 268 g/mol. The van der Waals surface area contributed by atoms with E-state index < -0.39 is 0 Å². The Kier molecular flexibility index (Phi) is 3.50. The third kappa shape index (κ3) is 2.68. The molecule has 17 heavy (non-hydrogen) atoms. The molecule has 0 amide bonds. The van der Waals surface area contributed by atoms with Gasteiger partial charge in [-0.1, -0.05) is 23.2 Å². The molecule has 0 aliphatic carbocycles. The maximum atomic E-state index is 5.91. The molecule has 0 bridgehead atoms. The van der Waals surface area contributed by atoms with Gasteiger partial charge in [0.15, 0.2) is 5.82 Å². The quantitative estimate of drug-likeness (QED) is 0.778. The van der Waals surface area contributed by atoms with Crippen molar-refractivity contribution in [3.8, 4) is 17.1 Å². The number of aromatic nitrogens is 2. The summed E-state index contributed by atoms with van der Waals surface area (Å²) in [6.45, 7) is 1.86. The number of benzene rings is 1. The third-order valence-electron chi connectivity index (χ3n) is 2.23. The first kappa shape index (κ1) is 12.1. The van der Waals surface area contributed by atoms with E-state index in [1.165, 1.54) is 0 Å². The minimum atomic E-state index is 0.407. The molecule has 0 N–H and O–H groups in total. The lowest BCUT2D eigenvalue weighted by atomic mass is 10.2. The van der Waals surface area contributed by atoms with Crippen LogP contribution >= 0.6 is 23.2 Å². The smallest absolute Gasteiger partial charge is 0.164 e. The molecule has 0 aliphatic heterocycles. The van der Waals surface area contributed by atoms with E-state index in [1.54, 1.807) is 25.3 Å². The van der Waals surface area contributed by atoms with Gasteiger partial charge in [-0.2, -0.15) is 0 Å². The number of ether oxygens (including phenoxy) is 1. The Morgan fingerprint density at radius 3 is 2.53 bits per heavy atom. The van der Waals surface area contributed by atoms with Crippen LogP contribution in [0, 0.1) is 6.92 Å². The highest BCUT2D eigenvalue weighted by Gasteiger charge is 2.10. The van der Waals surface area contributed by atoms with Gasteiger partial charge in [-0.15, -0.1) is 0 Å². The molecule has 0 spiro atoms. The molecule has 0 aliphatic rings. The van der Waals surface area contributed by atoms with Crippen LogP contribution in [0.15, 0.2) is 24.3 Å². The van der Waals surface area contributed by atoms with Crippen LogP contribution in [0.4, 0.5) is 0 Å². The maximum Gasteiger partial charge on any atom is 0.164 e. The number of methoxy groups -OCH3 is 1. The van der Waals surface area contributed by atoms with Crippen molar-refractivity contribution in [2.24, 2.45) is 0 Å². The Balaban J connectivity index is 2.59. The first-order valence-electron chi connectivity index (χ1n) is 4.95. The standard InChI is InChI=1S/C12H10Cl2N2O/c1-7-5-11(14)16-12(15-7)9-4-3-8(13)6-10(9)17-2/h3-6H,1-2H3. The van der Waals surface area contributed by atoms with Gasteiger partial charge in [-0.05, 0) is 31.2 Å². The van der Waals surface area contributed by atoms with E-state index >= 15 is 0 Å². The molecule has 0 radical (unpaired) electrons. The van der Waals surface area contributed by atoms with Crippen molar-refractivity contribution >= 4 is 23.2 Å². The molecule has 2 aromatic rings. The lowest BCUT2D eigenvalue weighted by Gasteiger charge is -2.08. The summed E-state index contributed by atoms with van der Waals surface area (Å²) in [5.41, 5.74) is 1.57. The van der Waals surface area contributed by atoms with Gasteiger partial charge in [0.05, 0.1) is 12.7 Å². The van der Waals surface area contributed by atoms with Crippen LogP contribution in [0.1, 0.15) is 5.69 Å². The largest absolute Gasteiger partial charge is 0.496 e. The van der Waals surface area contributed by atoms with E-state index in [0.29, 0.717) is 21.7 Å². The van der Waals surface area contributed by atoms with Crippen molar-refractivity contribution < 1.29 is 4.74 Å². The number of halogens is 2. The summed E-state index contributed by atoms with van der Waals surface area (Å²) in [4.78, 5) is 8.50. The van der Waals surface area contributed by atoms with Crippen LogP contribution in [0.3, 0.4) is 0 Å². The second-order valence-corrected chi connectivity index (χ2v) is 4.32. The summed E-state index contributed by atoms with van der Waals surface area (Å²) in [5, 5.41) is 1.01. The third-order valence-corrected chi connectivity index (χ3v) is 2.66. The molecule has 0 fully saturated rings. The van der Waals surface area contributed by atoms with Crippen LogP contribution in [0.2, 0.25) is 10.2 Å². The van der Waals surface area contributed by atoms with Gasteiger partial charge >= 0.3 is 0 Å². The second kappa shape index (κ2) is 4.90. The van der Waals surface area contributed by atoms with E-state index in [4.69, 9.17) is 27.9 Å². The zero-order valence-corrected chi connectivity index (χ0v) is 10.9. The van der Waals surface area contributed by atoms with Gasteiger partial charge in [0.1, 0.15) is 10.9 Å². The summed E-state index contributed by atoms with van der Waals surface area (Å²) in [7, 11) is 1.58. The fourth-order valence-corrected chi connectivity index (χ4v) is 1.90. The van der Waals surface area contributed by atoms with Crippen LogP contribution in [-0.2, 0) is 0 Å². The van der Waals surface area contributed by atoms with E-state index in [-0.39, 0.29) is 0 Å². The molecule has 5 heteroatoms. The maximum absolute atomic E-state index is 5.91. The van der Waals surface area contributed by atoms with Gasteiger partial charge in [-0.3, -0.25) is 0 Å². The summed E-state index contributed by atoms with van der Waals surface area (Å²) < 4.78 is 5.25. The van der Waals surface area contributed by atoms with Crippen molar-refractivity contribution in [1.82, 2.24) is 9.97 Å². The highest BCUT2D eigenvalue weighted by atomic mass is 35.5. The Bertz CT molecular complexity index is 538. The van der Waals surface area contributed by atoms with Gasteiger partial charge < -0.3 is 4.74 Å². The molecular formula is C12H10Cl2N2O. The predicted molar refractivity (Wildman–Crippen MR) is 68.8 cm³/mol. The molecule has 2 rings (SSSR count).